The van der Waals surface area contributed by atoms with Crippen molar-refractivity contribution in [2.45, 2.75) is 70.9 Å². The van der Waals surface area contributed by atoms with E-state index >= 15 is 0 Å². The Morgan fingerprint density at radius 3 is 2.59 bits per heavy atom. The van der Waals surface area contributed by atoms with Gasteiger partial charge in [0.25, 0.3) is 11.8 Å². The van der Waals surface area contributed by atoms with Crippen LogP contribution in [0.25, 0.3) is 0 Å². The van der Waals surface area contributed by atoms with Crippen molar-refractivity contribution in [2.24, 2.45) is 0 Å². The minimum atomic E-state index is -0.317. The fraction of sp³-hybridized carbons (Fsp3) is 0.364. The quantitative estimate of drug-likeness (QED) is 0.0943. The number of hydrogen-bond donors (Lipinski definition) is 4. The van der Waals surface area contributed by atoms with Gasteiger partial charge in [0.15, 0.2) is 0 Å². The first-order chi connectivity index (χ1) is 21.3. The summed E-state index contributed by atoms with van der Waals surface area (Å²) in [4.78, 5) is 40.4. The van der Waals surface area contributed by atoms with Gasteiger partial charge >= 0.3 is 0 Å². The summed E-state index contributed by atoms with van der Waals surface area (Å²) in [6.45, 7) is 4.66. The van der Waals surface area contributed by atoms with Gasteiger partial charge in [0.2, 0.25) is 0 Å². The Balaban J connectivity index is 1.47. The number of allylic oxidation sites excluding steroid dienone is 1. The van der Waals surface area contributed by atoms with Crippen LogP contribution in [0.15, 0.2) is 66.6 Å². The van der Waals surface area contributed by atoms with Crippen molar-refractivity contribution in [2.75, 3.05) is 22.9 Å². The van der Waals surface area contributed by atoms with Crippen molar-refractivity contribution < 1.29 is 9.59 Å². The molecule has 2 atom stereocenters. The number of piperidine rings is 1. The monoisotopic (exact) mass is 593 g/mol. The molecule has 2 aromatic heterocycles. The molecule has 4 rings (SSSR count). The lowest BCUT2D eigenvalue weighted by Gasteiger charge is -2.40. The molecule has 1 aliphatic heterocycles. The second-order valence-electron chi connectivity index (χ2n) is 10.8. The highest BCUT2D eigenvalue weighted by atomic mass is 16.2. The summed E-state index contributed by atoms with van der Waals surface area (Å²) in [5.41, 5.74) is 7.81. The molecule has 0 aliphatic carbocycles. The van der Waals surface area contributed by atoms with E-state index in [1.165, 1.54) is 6.33 Å². The lowest BCUT2D eigenvalue weighted by atomic mass is 9.95. The number of anilines is 3. The molecule has 0 spiro atoms. The van der Waals surface area contributed by atoms with Crippen LogP contribution in [0, 0.1) is 16.7 Å². The summed E-state index contributed by atoms with van der Waals surface area (Å²) in [7, 11) is 0. The second kappa shape index (κ2) is 15.4. The summed E-state index contributed by atoms with van der Waals surface area (Å²) in [5, 5.41) is 24.8. The normalized spacial score (nSPS) is 16.6. The molecule has 5 N–H and O–H groups in total. The van der Waals surface area contributed by atoms with E-state index in [1.54, 1.807) is 59.6 Å². The summed E-state index contributed by atoms with van der Waals surface area (Å²) < 4.78 is 0. The van der Waals surface area contributed by atoms with Crippen molar-refractivity contribution in [3.63, 3.8) is 0 Å². The number of carbonyl (C=O) groups excluding carboxylic acids is 2. The van der Waals surface area contributed by atoms with E-state index in [1.807, 2.05) is 6.92 Å². The summed E-state index contributed by atoms with van der Waals surface area (Å²) in [6, 6.07) is 13.5. The molecule has 0 bridgehead atoms. The van der Waals surface area contributed by atoms with Gasteiger partial charge in [-0.2, -0.15) is 5.26 Å². The molecule has 44 heavy (non-hydrogen) atoms. The molecule has 1 fully saturated rings. The number of amides is 2. The average molecular weight is 594 g/mol. The molecule has 0 radical (unpaired) electrons. The number of nitriles is 1. The van der Waals surface area contributed by atoms with Crippen molar-refractivity contribution in [1.82, 2.24) is 19.9 Å². The van der Waals surface area contributed by atoms with E-state index in [4.69, 9.17) is 11.1 Å². The first kappa shape index (κ1) is 31.8. The maximum Gasteiger partial charge on any atom is 0.264 e. The van der Waals surface area contributed by atoms with Crippen LogP contribution in [-0.4, -0.2) is 56.0 Å². The Morgan fingerprint density at radius 2 is 1.89 bits per heavy atom. The van der Waals surface area contributed by atoms with Crippen LogP contribution in [0.4, 0.5) is 17.5 Å². The van der Waals surface area contributed by atoms with Gasteiger partial charge in [0.1, 0.15) is 35.4 Å². The molecule has 0 saturated carbocycles. The Hall–Kier alpha value is -5.11. The van der Waals surface area contributed by atoms with Crippen LogP contribution >= 0.6 is 0 Å². The SMILES string of the molecule is CCCCCC/C=C(\C#N)C(=O)N1CCCC(Nc2ncnc(N)c2C(=N)c2ccc(C(=O)Nc3ccccn3)cc2)[C@H]1C. The Kier molecular flexibility index (Phi) is 11.1. The van der Waals surface area contributed by atoms with E-state index in [0.717, 1.165) is 38.5 Å². The third-order valence-electron chi connectivity index (χ3n) is 7.80. The predicted molar refractivity (Wildman–Crippen MR) is 171 cm³/mol. The number of unbranched alkanes of at least 4 members (excludes halogenated alkanes) is 4. The van der Waals surface area contributed by atoms with E-state index in [9.17, 15) is 14.9 Å². The van der Waals surface area contributed by atoms with Gasteiger partial charge in [-0.05, 0) is 56.9 Å². The number of nitrogens with zero attached hydrogens (tertiary/aromatic N) is 5. The van der Waals surface area contributed by atoms with Crippen molar-refractivity contribution in [3.8, 4) is 6.07 Å². The Morgan fingerprint density at radius 1 is 1.11 bits per heavy atom. The summed E-state index contributed by atoms with van der Waals surface area (Å²) >= 11 is 0. The number of nitrogen functional groups attached to an aromatic ring is 1. The molecule has 11 heteroatoms. The molecule has 3 heterocycles. The van der Waals surface area contributed by atoms with Gasteiger partial charge in [-0.1, -0.05) is 50.5 Å². The first-order valence-electron chi connectivity index (χ1n) is 15.0. The number of hydrogen-bond acceptors (Lipinski definition) is 9. The standard InChI is InChI=1S/C33H39N9O2/c1-3-4-5-6-7-11-25(20-34)33(44)42-19-10-12-26(22(42)2)40-31-28(30(36)38-21-39-31)29(35)23-14-16-24(17-15-23)32(43)41-27-13-8-9-18-37-27/h8-9,11,13-18,21-22,26,35H,3-7,10,12,19H2,1-2H3,(H,37,41,43)(H3,36,38,39,40)/b25-11+,35-29?/t22-,26?/m1/s1. The van der Waals surface area contributed by atoms with Crippen LogP contribution in [0.5, 0.6) is 0 Å². The highest BCUT2D eigenvalue weighted by molar-refractivity contribution is 6.16. The molecular weight excluding hydrogens is 554 g/mol. The van der Waals surface area contributed by atoms with E-state index in [2.05, 4.69) is 38.6 Å². The number of aromatic nitrogens is 3. The van der Waals surface area contributed by atoms with Gasteiger partial charge in [-0.15, -0.1) is 0 Å². The number of rotatable bonds is 12. The highest BCUT2D eigenvalue weighted by Crippen LogP contribution is 2.27. The number of pyridine rings is 1. The molecule has 228 valence electrons. The molecule has 1 saturated heterocycles. The van der Waals surface area contributed by atoms with E-state index in [-0.39, 0.29) is 41.0 Å². The van der Waals surface area contributed by atoms with Gasteiger partial charge < -0.3 is 21.3 Å². The summed E-state index contributed by atoms with van der Waals surface area (Å²) in [6.07, 6.45) is 11.2. The molecular formula is C33H39N9O2. The molecule has 11 nitrogen and oxygen atoms in total. The van der Waals surface area contributed by atoms with Gasteiger partial charge in [0, 0.05) is 36.0 Å². The lowest BCUT2D eigenvalue weighted by Crippen LogP contribution is -2.52. The minimum Gasteiger partial charge on any atom is -0.383 e. The zero-order chi connectivity index (χ0) is 31.5. The van der Waals surface area contributed by atoms with E-state index < -0.39 is 0 Å². The summed E-state index contributed by atoms with van der Waals surface area (Å²) in [5.74, 6) is 0.391. The fourth-order valence-electron chi connectivity index (χ4n) is 5.26. The second-order valence-corrected chi connectivity index (χ2v) is 10.8. The molecule has 1 unspecified atom stereocenters. The maximum atomic E-state index is 13.3. The zero-order valence-corrected chi connectivity index (χ0v) is 25.2. The third-order valence-corrected chi connectivity index (χ3v) is 7.80. The van der Waals surface area contributed by atoms with Crippen molar-refractivity contribution in [1.29, 1.82) is 10.7 Å². The highest BCUT2D eigenvalue weighted by Gasteiger charge is 2.33. The fourth-order valence-corrected chi connectivity index (χ4v) is 5.26. The number of nitrogens with one attached hydrogen (secondary N) is 3. The van der Waals surface area contributed by atoms with Gasteiger partial charge in [0.05, 0.1) is 11.3 Å². The average Bonchev–Trinajstić information content (AvgIpc) is 3.04. The van der Waals surface area contributed by atoms with Gasteiger partial charge in [-0.3, -0.25) is 15.0 Å². The Bertz CT molecular complexity index is 1530. The largest absolute Gasteiger partial charge is 0.383 e. The zero-order valence-electron chi connectivity index (χ0n) is 25.2. The smallest absolute Gasteiger partial charge is 0.264 e. The molecule has 1 aliphatic rings. The first-order valence-corrected chi connectivity index (χ1v) is 15.0. The van der Waals surface area contributed by atoms with Crippen LogP contribution in [0.2, 0.25) is 0 Å². The third kappa shape index (κ3) is 7.83. The van der Waals surface area contributed by atoms with E-state index in [0.29, 0.717) is 41.3 Å². The number of carbonyl (C=O) groups is 2. The predicted octanol–water partition coefficient (Wildman–Crippen LogP) is 5.33. The maximum absolute atomic E-state index is 13.3. The van der Waals surface area contributed by atoms with Crippen molar-refractivity contribution >= 4 is 35.0 Å². The van der Waals surface area contributed by atoms with Crippen LogP contribution in [-0.2, 0) is 4.79 Å². The molecule has 3 aromatic rings. The number of benzene rings is 1. The van der Waals surface area contributed by atoms with Crippen LogP contribution < -0.4 is 16.4 Å². The number of nitrogens with two attached hydrogens (primary N) is 1. The van der Waals surface area contributed by atoms with Crippen molar-refractivity contribution in [3.05, 3.63) is 83.3 Å². The lowest BCUT2D eigenvalue weighted by molar-refractivity contribution is -0.130. The van der Waals surface area contributed by atoms with Crippen LogP contribution in [0.3, 0.4) is 0 Å². The molecule has 1 aromatic carbocycles. The topological polar surface area (TPSA) is 174 Å². The van der Waals surface area contributed by atoms with Gasteiger partial charge in [-0.25, -0.2) is 15.0 Å². The minimum absolute atomic E-state index is 0.0939. The van der Waals surface area contributed by atoms with Crippen LogP contribution in [0.1, 0.15) is 80.3 Å². The molecule has 2 amide bonds. The number of likely N-dealkylation sites (tertiary alicyclic amines) is 1. The Labute approximate surface area is 258 Å².